The summed E-state index contributed by atoms with van der Waals surface area (Å²) in [4.78, 5) is 138. The number of likely N-dealkylation sites (N-methyl/N-ethyl adjacent to an activating group) is 5. The summed E-state index contributed by atoms with van der Waals surface area (Å²) in [5, 5.41) is 40.2. The molecular formula is C98H125N15O14. The molecule has 0 unspecified atom stereocenters. The van der Waals surface area contributed by atoms with Crippen LogP contribution in [0.3, 0.4) is 0 Å². The molecule has 29 nitrogen and oxygen atoms in total. The molecule has 0 spiro atoms. The molecule has 5 amide bonds. The predicted octanol–water partition coefficient (Wildman–Crippen LogP) is 17.8. The lowest BCUT2D eigenvalue weighted by Gasteiger charge is -2.18. The highest BCUT2D eigenvalue weighted by molar-refractivity contribution is 6.40. The molecule has 9 aromatic rings. The Morgan fingerprint density at radius 1 is 0.457 bits per heavy atom. The number of aliphatic hydroxyl groups excluding tert-OH is 3. The van der Waals surface area contributed by atoms with Gasteiger partial charge in [-0.3, -0.25) is 58.5 Å². The van der Waals surface area contributed by atoms with E-state index in [1.165, 1.54) is 16.5 Å². The molecule has 5 aromatic carbocycles. The summed E-state index contributed by atoms with van der Waals surface area (Å²) in [6.45, 7) is 37.6. The first kappa shape index (κ1) is 95.0. The highest BCUT2D eigenvalue weighted by Crippen LogP contribution is 2.51. The fourth-order valence-corrected chi connectivity index (χ4v) is 18.9. The number of carbonyl (C=O) groups is 10. The summed E-state index contributed by atoms with van der Waals surface area (Å²) in [5.41, 5.74) is 40.9. The van der Waals surface area contributed by atoms with Gasteiger partial charge in [0.1, 0.15) is 5.71 Å². The van der Waals surface area contributed by atoms with Crippen LogP contribution in [-0.4, -0.2) is 151 Å². The first-order chi connectivity index (χ1) is 60.5. The van der Waals surface area contributed by atoms with Gasteiger partial charge in [-0.2, -0.15) is 10.2 Å². The number of allylic oxidation sites excluding steroid dienone is 2. The van der Waals surface area contributed by atoms with E-state index in [1.54, 1.807) is 13.8 Å². The minimum absolute atomic E-state index is 0. The number of H-pyrrole nitrogens is 4. The van der Waals surface area contributed by atoms with Gasteiger partial charge < -0.3 is 65.2 Å². The Balaban J connectivity index is 0.000000159. The average Bonchev–Trinajstić information content (AvgIpc) is 1.57. The molecule has 19 rings (SSSR count). The number of Topliss-reactive ketones (excluding diaryl/α,β-unsaturated/α-hetero) is 4. The van der Waals surface area contributed by atoms with Crippen molar-refractivity contribution in [2.45, 2.75) is 241 Å². The number of nitrogens with one attached hydrogen (secondary N) is 7. The molecule has 127 heavy (non-hydrogen) atoms. The molecule has 2 fully saturated rings. The summed E-state index contributed by atoms with van der Waals surface area (Å²) >= 11 is 0. The lowest BCUT2D eigenvalue weighted by atomic mass is 9.85. The average molecular weight is 1740 g/mol. The molecule has 0 saturated heterocycles. The van der Waals surface area contributed by atoms with Gasteiger partial charge in [0.2, 0.25) is 35.3 Å². The zero-order valence-electron chi connectivity index (χ0n) is 76.3. The maximum atomic E-state index is 12.7. The summed E-state index contributed by atoms with van der Waals surface area (Å²) in [7, 11) is 0. The van der Waals surface area contributed by atoms with Crippen LogP contribution in [-0.2, 0) is 95.9 Å². The number of fused-ring (bicyclic) bond motifs is 16. The number of aliphatic hydroxyl groups is 3. The predicted molar refractivity (Wildman–Crippen MR) is 500 cm³/mol. The molecule has 2 saturated carbocycles. The van der Waals surface area contributed by atoms with Crippen molar-refractivity contribution >= 4 is 137 Å². The second-order valence-corrected chi connectivity index (χ2v) is 35.5. The van der Waals surface area contributed by atoms with Crippen molar-refractivity contribution in [2.24, 2.45) is 5.10 Å². The van der Waals surface area contributed by atoms with Gasteiger partial charge in [-0.25, -0.2) is 11.1 Å². The third kappa shape index (κ3) is 17.6. The monoisotopic (exact) mass is 1740 g/mol. The van der Waals surface area contributed by atoms with Crippen LogP contribution >= 0.6 is 0 Å². The first-order valence-corrected chi connectivity index (χ1v) is 44.3. The summed E-state index contributed by atoms with van der Waals surface area (Å²) in [6, 6.07) is 24.1. The number of aromatic amines is 4. The van der Waals surface area contributed by atoms with E-state index in [-0.39, 0.29) is 60.7 Å². The number of ether oxygens (including phenoxy) is 1. The SMILES string of the molecule is CCN1C(=O)C(C)(C)c2cc(N)ccc21.CCN1C(=O)C(C)(C)c2cc(N/N=C3\CCCCC3=O)ccc21.CCN1C(=O)C(C)(C)c2cc3[nH]c4c(c3cc21)CC/C(=C\O)C4=O.CCN1C(=O)C(C)(C)c2cc3[nH]c4c(c3cc21)CCCC4=O.CCN1C(=O)C(C)(C)c2cc3[nH]c4c(c3cc21)CCc1cn[nH]c1-4.CCO.CCOC=O.N=N.O=C1CCCC/C1=C\O.[HH]. The topological polar surface area (TPSA) is 431 Å². The number of nitrogens with two attached hydrogens (primary N) is 1. The minimum atomic E-state index is -0.564. The quantitative estimate of drug-likeness (QED) is 0.0160. The van der Waals surface area contributed by atoms with E-state index in [1.807, 2.05) is 183 Å². The third-order valence-corrected chi connectivity index (χ3v) is 26.0. The number of carbonyl (C=O) groups excluding carboxylic acids is 10. The van der Waals surface area contributed by atoms with Gasteiger partial charge in [0, 0.05) is 138 Å². The van der Waals surface area contributed by atoms with Crippen LogP contribution in [0.25, 0.3) is 44.1 Å². The summed E-state index contributed by atoms with van der Waals surface area (Å²) in [6.07, 6.45) is 16.2. The lowest BCUT2D eigenvalue weighted by Crippen LogP contribution is -2.35. The molecule has 12 N–H and O–H groups in total. The number of hydrogen-bond acceptors (Lipinski definition) is 20. The van der Waals surface area contributed by atoms with Crippen molar-refractivity contribution < 1.29 is 69.4 Å². The fraction of sp³-hybridized carbons (Fsp3) is 0.449. The molecule has 29 heteroatoms. The van der Waals surface area contributed by atoms with Gasteiger partial charge in [0.05, 0.1) is 80.9 Å². The maximum absolute atomic E-state index is 12.7. The van der Waals surface area contributed by atoms with Crippen molar-refractivity contribution in [3.8, 4) is 11.4 Å². The number of hydrogen-bond donors (Lipinski definition) is 11. The first-order valence-electron chi connectivity index (χ1n) is 44.3. The number of anilines is 7. The summed E-state index contributed by atoms with van der Waals surface area (Å²) < 4.78 is 4.15. The third-order valence-electron chi connectivity index (χ3n) is 26.0. The highest BCUT2D eigenvalue weighted by atomic mass is 16.5. The summed E-state index contributed by atoms with van der Waals surface area (Å²) in [5.74, 6) is 1.06. The van der Waals surface area contributed by atoms with E-state index in [0.29, 0.717) is 106 Å². The smallest absolute Gasteiger partial charge is 0.293 e. The van der Waals surface area contributed by atoms with Gasteiger partial charge >= 0.3 is 0 Å². The molecule has 0 atom stereocenters. The van der Waals surface area contributed by atoms with E-state index in [4.69, 9.17) is 27.0 Å². The molecule has 5 aliphatic heterocycles. The van der Waals surface area contributed by atoms with E-state index in [9.17, 15) is 53.1 Å². The number of nitrogens with zero attached hydrogens (tertiary/aromatic N) is 7. The van der Waals surface area contributed by atoms with Crippen LogP contribution in [0.15, 0.2) is 108 Å². The maximum Gasteiger partial charge on any atom is 0.293 e. The molecule has 5 aliphatic carbocycles. The molecule has 4 aromatic heterocycles. The zero-order chi connectivity index (χ0) is 92.9. The van der Waals surface area contributed by atoms with Gasteiger partial charge in [-0.1, -0.05) is 0 Å². The molecule has 676 valence electrons. The van der Waals surface area contributed by atoms with Crippen LogP contribution in [0.5, 0.6) is 0 Å². The van der Waals surface area contributed by atoms with E-state index in [0.717, 1.165) is 194 Å². The van der Waals surface area contributed by atoms with Crippen LogP contribution in [0.2, 0.25) is 0 Å². The molecule has 10 aliphatic rings. The van der Waals surface area contributed by atoms with Gasteiger partial charge in [-0.15, -0.1) is 0 Å². The molecular weight excluding hydrogens is 1610 g/mol. The molecule has 0 radical (unpaired) electrons. The normalized spacial score (nSPS) is 19.0. The Bertz CT molecular complexity index is 5910. The number of aromatic nitrogens is 5. The van der Waals surface area contributed by atoms with Gasteiger partial charge in [0.25, 0.3) is 6.47 Å². The number of benzene rings is 5. The Hall–Kier alpha value is -12.7. The van der Waals surface area contributed by atoms with Crippen molar-refractivity contribution in [3.05, 3.63) is 164 Å². The largest absolute Gasteiger partial charge is 0.515 e. The number of nitrogen functional groups attached to an aromatic ring is 1. The van der Waals surface area contributed by atoms with Crippen molar-refractivity contribution in [1.29, 1.82) is 11.1 Å². The fourth-order valence-electron chi connectivity index (χ4n) is 18.9. The van der Waals surface area contributed by atoms with Crippen LogP contribution in [0.1, 0.15) is 261 Å². The van der Waals surface area contributed by atoms with Gasteiger partial charge in [-0.05, 0) is 318 Å². The molecule has 9 heterocycles. The van der Waals surface area contributed by atoms with Crippen molar-refractivity contribution in [1.82, 2.24) is 25.1 Å². The van der Waals surface area contributed by atoms with Crippen molar-refractivity contribution in [3.63, 3.8) is 0 Å². The number of rotatable bonds is 9. The second-order valence-electron chi connectivity index (χ2n) is 35.5. The van der Waals surface area contributed by atoms with E-state index in [2.05, 4.69) is 64.7 Å². The van der Waals surface area contributed by atoms with Crippen LogP contribution in [0.4, 0.5) is 39.8 Å². The number of ketones is 4. The molecule has 0 bridgehead atoms. The Kier molecular flexibility index (Phi) is 28.9. The highest BCUT2D eigenvalue weighted by Gasteiger charge is 2.49. The number of hydrazone groups is 1. The Morgan fingerprint density at radius 2 is 0.850 bits per heavy atom. The standard InChI is InChI=1S/C19H20N4O.C19H20N2O3.C18H23N3O2.C18H20N2O2.C12H16N2O.C7H10O2.C3H6O2.C2H6O.H2N2.H2/c1-4-23-15-7-12-11-6-5-10-9-20-22-16(10)17(11)21-14(12)8-13(15)19(2,3)18(23)24;1-4-21-15-7-12-11-6-5-10(9-22)17(23)16(11)20-14(12)8-13(15)19(2,3)18(21)24;1-4-21-15-10-9-12(11-13(15)18(2,3)17(21)23)19-20-14-7-5-6-8-16(14)22;1-4-20-14-8-11-10-6-5-7-15(21)16(10)19-13(11)9-12(14)18(2,3)17(20)22;1-4-14-10-6-5-8(13)7-9(10)12(2,3)11(14)15;8-5-6-3-1-2-4-7(6)9;1-2-5-3-4;1-2-3;1-2;/h7-9,21H,4-6H2,1-3H3,(H,20,22);7-9,20,22H,4-6H2,1-3H3;9-11,19H,4-8H2,1-3H3;8-9,19H,4-7H2,1-3H3;5-7H,4,13H2,1-3H3;5,8H,1-4H2;3H,2H2,1H3;3H,2H2,1H3;1-2H;1H/b;10-9+;20-14+;;;6-5+;;;;. The van der Waals surface area contributed by atoms with Gasteiger partial charge in [0.15, 0.2) is 17.3 Å². The number of amides is 5. The number of aryl methyl sites for hydroxylation is 4. The Morgan fingerprint density at radius 3 is 1.28 bits per heavy atom. The zero-order valence-corrected chi connectivity index (χ0v) is 76.3. The van der Waals surface area contributed by atoms with E-state index >= 15 is 0 Å². The van der Waals surface area contributed by atoms with Crippen molar-refractivity contribution in [2.75, 3.05) is 81.6 Å². The minimum Gasteiger partial charge on any atom is -0.515 e. The second kappa shape index (κ2) is 38.7. The Labute approximate surface area is 742 Å². The van der Waals surface area contributed by atoms with E-state index < -0.39 is 27.1 Å². The van der Waals surface area contributed by atoms with Crippen LogP contribution in [0, 0.1) is 11.1 Å². The van der Waals surface area contributed by atoms with Crippen LogP contribution < -0.4 is 35.7 Å². The lowest BCUT2D eigenvalue weighted by molar-refractivity contribution is -0.128.